The fraction of sp³-hybridized carbons (Fsp3) is 0.200. The first-order chi connectivity index (χ1) is 18.2. The highest BCUT2D eigenvalue weighted by Gasteiger charge is 2.44. The van der Waals surface area contributed by atoms with Gasteiger partial charge in [-0.1, -0.05) is 18.2 Å². The average Bonchev–Trinajstić information content (AvgIpc) is 3.54. The first-order valence-corrected chi connectivity index (χ1v) is 11.7. The third kappa shape index (κ3) is 3.75. The third-order valence-electron chi connectivity index (χ3n) is 6.37. The zero-order valence-corrected chi connectivity index (χ0v) is 20.6. The lowest BCUT2D eigenvalue weighted by Crippen LogP contribution is -2.29. The molecule has 6 rings (SSSR count). The summed E-state index contributed by atoms with van der Waals surface area (Å²) >= 11 is 0. The molecule has 4 aromatic heterocycles. The highest BCUT2D eigenvalue weighted by molar-refractivity contribution is 6.11. The Hall–Kier alpha value is -5.07. The van der Waals surface area contributed by atoms with Crippen molar-refractivity contribution in [2.24, 2.45) is 7.05 Å². The Balaban J connectivity index is 1.50. The van der Waals surface area contributed by atoms with Gasteiger partial charge in [-0.05, 0) is 32.0 Å². The maximum Gasteiger partial charge on any atom is 0.277 e. The van der Waals surface area contributed by atoms with Crippen molar-refractivity contribution in [2.75, 3.05) is 10.6 Å². The number of pyridine rings is 1. The first kappa shape index (κ1) is 23.3. The molecule has 0 saturated carbocycles. The normalized spacial score (nSPS) is 13.9. The number of hydrogen-bond acceptors (Lipinski definition) is 8. The van der Waals surface area contributed by atoms with Crippen molar-refractivity contribution < 1.29 is 14.0 Å². The predicted octanol–water partition coefficient (Wildman–Crippen LogP) is 2.69. The van der Waals surface area contributed by atoms with Crippen LogP contribution in [0.25, 0.3) is 22.6 Å². The van der Waals surface area contributed by atoms with Gasteiger partial charge in [0.25, 0.3) is 5.91 Å². The Bertz CT molecular complexity index is 1760. The summed E-state index contributed by atoms with van der Waals surface area (Å²) in [5.41, 5.74) is 0.528. The lowest BCUT2D eigenvalue weighted by atomic mass is 9.85. The summed E-state index contributed by atoms with van der Waals surface area (Å²) in [6, 6.07) is 9.94. The fourth-order valence-corrected chi connectivity index (χ4v) is 4.42. The van der Waals surface area contributed by atoms with Crippen molar-refractivity contribution in [1.29, 1.82) is 0 Å². The maximum absolute atomic E-state index is 14.4. The number of fused-ring (bicyclic) bond motifs is 2. The predicted molar refractivity (Wildman–Crippen MR) is 135 cm³/mol. The molecule has 0 unspecified atom stereocenters. The van der Waals surface area contributed by atoms with E-state index in [4.69, 9.17) is 0 Å². The second-order valence-corrected chi connectivity index (χ2v) is 9.37. The van der Waals surface area contributed by atoms with Gasteiger partial charge in [-0.2, -0.15) is 5.10 Å². The van der Waals surface area contributed by atoms with E-state index in [9.17, 15) is 14.0 Å². The van der Waals surface area contributed by atoms with Crippen LogP contribution in [0.3, 0.4) is 0 Å². The molecule has 2 N–H and O–H groups in total. The molecule has 38 heavy (non-hydrogen) atoms. The van der Waals surface area contributed by atoms with Gasteiger partial charge in [0.05, 0.1) is 17.3 Å². The second kappa shape index (κ2) is 8.50. The quantitative estimate of drug-likeness (QED) is 0.366. The Morgan fingerprint density at radius 2 is 1.92 bits per heavy atom. The maximum atomic E-state index is 14.4. The minimum Gasteiger partial charge on any atom is -0.310 e. The number of carbonyl (C=O) groups is 2. The van der Waals surface area contributed by atoms with Gasteiger partial charge >= 0.3 is 0 Å². The Morgan fingerprint density at radius 3 is 2.68 bits per heavy atom. The van der Waals surface area contributed by atoms with Crippen LogP contribution in [-0.2, 0) is 23.8 Å². The molecule has 5 heterocycles. The molecule has 0 atom stereocenters. The van der Waals surface area contributed by atoms with E-state index >= 15 is 0 Å². The molecule has 12 nitrogen and oxygen atoms in total. The number of hydrogen-bond donors (Lipinski definition) is 2. The number of carbonyl (C=O) groups excluding carboxylic acids is 2. The summed E-state index contributed by atoms with van der Waals surface area (Å²) in [7, 11) is 1.67. The summed E-state index contributed by atoms with van der Waals surface area (Å²) in [5.74, 6) is -0.884. The van der Waals surface area contributed by atoms with Gasteiger partial charge in [-0.15, -0.1) is 5.10 Å². The molecule has 5 aromatic rings. The lowest BCUT2D eigenvalue weighted by molar-refractivity contribution is -0.119. The van der Waals surface area contributed by atoms with Crippen molar-refractivity contribution in [3.05, 3.63) is 71.6 Å². The number of benzene rings is 1. The summed E-state index contributed by atoms with van der Waals surface area (Å²) < 4.78 is 17.4. The second-order valence-electron chi connectivity index (χ2n) is 9.37. The van der Waals surface area contributed by atoms with Crippen LogP contribution in [0.4, 0.5) is 16.2 Å². The highest BCUT2D eigenvalue weighted by atomic mass is 19.1. The van der Waals surface area contributed by atoms with E-state index in [1.54, 1.807) is 62.1 Å². The zero-order valence-electron chi connectivity index (χ0n) is 20.6. The standard InChI is InChI=1S/C25H21FN10O2/c1-25(2)16-18(22(37)32-24-28-12-35(3)34-24)29-20(30-19(16)31-23(25)38)17-14-8-6-10-27-21(14)36(33-17)11-13-7-4-5-9-15(13)26/h4-10,12H,11H2,1-3H3,(H,32,34,37)(H,29,30,31,38). The summed E-state index contributed by atoms with van der Waals surface area (Å²) in [5, 5.41) is 14.7. The van der Waals surface area contributed by atoms with Crippen molar-refractivity contribution in [3.63, 3.8) is 0 Å². The van der Waals surface area contributed by atoms with E-state index in [1.165, 1.54) is 17.1 Å². The molecular weight excluding hydrogens is 491 g/mol. The Morgan fingerprint density at radius 1 is 1.11 bits per heavy atom. The summed E-state index contributed by atoms with van der Waals surface area (Å²) in [4.78, 5) is 43.8. The van der Waals surface area contributed by atoms with Crippen LogP contribution < -0.4 is 10.6 Å². The average molecular weight is 513 g/mol. The molecule has 0 radical (unpaired) electrons. The van der Waals surface area contributed by atoms with E-state index in [-0.39, 0.29) is 41.6 Å². The number of aromatic nitrogens is 8. The minimum absolute atomic E-state index is 0.0125. The number of nitrogens with zero attached hydrogens (tertiary/aromatic N) is 8. The monoisotopic (exact) mass is 512 g/mol. The fourth-order valence-electron chi connectivity index (χ4n) is 4.42. The van der Waals surface area contributed by atoms with Crippen LogP contribution in [0.1, 0.15) is 35.5 Å². The van der Waals surface area contributed by atoms with Crippen LogP contribution in [0.15, 0.2) is 48.9 Å². The lowest BCUT2D eigenvalue weighted by Gasteiger charge is -2.17. The molecule has 2 amide bonds. The van der Waals surface area contributed by atoms with Gasteiger partial charge in [-0.25, -0.2) is 29.0 Å². The molecular formula is C25H21FN10O2. The van der Waals surface area contributed by atoms with E-state index < -0.39 is 11.3 Å². The van der Waals surface area contributed by atoms with E-state index in [1.807, 2.05) is 0 Å². The zero-order chi connectivity index (χ0) is 26.6. The number of nitrogens with one attached hydrogen (secondary N) is 2. The van der Waals surface area contributed by atoms with Crippen molar-refractivity contribution >= 4 is 34.6 Å². The van der Waals surface area contributed by atoms with Crippen LogP contribution in [0.5, 0.6) is 0 Å². The van der Waals surface area contributed by atoms with E-state index in [0.29, 0.717) is 27.9 Å². The van der Waals surface area contributed by atoms with Gasteiger partial charge in [0.2, 0.25) is 11.9 Å². The van der Waals surface area contributed by atoms with E-state index in [0.717, 1.165) is 0 Å². The number of aryl methyl sites for hydroxylation is 1. The topological polar surface area (TPSA) is 145 Å². The third-order valence-corrected chi connectivity index (χ3v) is 6.37. The van der Waals surface area contributed by atoms with Crippen molar-refractivity contribution in [3.8, 4) is 11.5 Å². The van der Waals surface area contributed by atoms with Gasteiger partial charge in [0.15, 0.2) is 11.5 Å². The van der Waals surface area contributed by atoms with Crippen LogP contribution in [0, 0.1) is 5.82 Å². The summed E-state index contributed by atoms with van der Waals surface area (Å²) in [6.45, 7) is 3.50. The van der Waals surface area contributed by atoms with Gasteiger partial charge < -0.3 is 5.32 Å². The number of amides is 2. The van der Waals surface area contributed by atoms with Crippen molar-refractivity contribution in [1.82, 2.24) is 39.5 Å². The SMILES string of the molecule is Cn1cnc(NC(=O)c2nc(-c3nn(Cc4ccccc4F)c4ncccc34)nc3c2C(C)(C)C(=O)N3)n1. The van der Waals surface area contributed by atoms with Crippen LogP contribution >= 0.6 is 0 Å². The number of rotatable bonds is 5. The highest BCUT2D eigenvalue weighted by Crippen LogP contribution is 2.39. The molecule has 0 bridgehead atoms. The molecule has 0 spiro atoms. The number of halogens is 1. The number of anilines is 2. The minimum atomic E-state index is -1.06. The Labute approximate surface area is 215 Å². The molecule has 1 aliphatic rings. The smallest absolute Gasteiger partial charge is 0.277 e. The largest absolute Gasteiger partial charge is 0.310 e. The Kier molecular flexibility index (Phi) is 5.22. The van der Waals surface area contributed by atoms with Crippen molar-refractivity contribution in [2.45, 2.75) is 25.8 Å². The molecule has 1 aliphatic heterocycles. The molecule has 0 fully saturated rings. The molecule has 0 saturated heterocycles. The van der Waals surface area contributed by atoms with E-state index in [2.05, 4.69) is 40.8 Å². The molecule has 0 aliphatic carbocycles. The molecule has 190 valence electrons. The van der Waals surface area contributed by atoms with Crippen LogP contribution in [0.2, 0.25) is 0 Å². The van der Waals surface area contributed by atoms with Gasteiger partial charge in [-0.3, -0.25) is 19.6 Å². The first-order valence-electron chi connectivity index (χ1n) is 11.7. The van der Waals surface area contributed by atoms with Crippen LogP contribution in [-0.4, -0.2) is 51.3 Å². The van der Waals surface area contributed by atoms with Gasteiger partial charge in [0.1, 0.15) is 29.4 Å². The summed E-state index contributed by atoms with van der Waals surface area (Å²) in [6.07, 6.45) is 3.05. The van der Waals surface area contributed by atoms with Gasteiger partial charge in [0, 0.05) is 24.4 Å². The molecule has 1 aromatic carbocycles. The molecule has 13 heteroatoms.